The van der Waals surface area contributed by atoms with Crippen LogP contribution in [0.1, 0.15) is 35.4 Å². The summed E-state index contributed by atoms with van der Waals surface area (Å²) in [6.07, 6.45) is 3.11. The second-order valence-corrected chi connectivity index (χ2v) is 5.35. The molecule has 6 heteroatoms. The molecule has 1 aromatic heterocycles. The number of hydrogen-bond acceptors (Lipinski definition) is 4. The van der Waals surface area contributed by atoms with Crippen LogP contribution >= 0.6 is 11.3 Å². The SMILES string of the molecule is COC1(CC(=O)Nc2ccsc2C(=O)O)CCC1. The van der Waals surface area contributed by atoms with Crippen molar-refractivity contribution in [3.63, 3.8) is 0 Å². The van der Waals surface area contributed by atoms with Crippen molar-refractivity contribution in [3.8, 4) is 0 Å². The van der Waals surface area contributed by atoms with E-state index in [1.807, 2.05) is 0 Å². The number of carbonyl (C=O) groups excluding carboxylic acids is 1. The van der Waals surface area contributed by atoms with Crippen molar-refractivity contribution in [2.45, 2.75) is 31.3 Å². The maximum absolute atomic E-state index is 11.9. The van der Waals surface area contributed by atoms with Crippen LogP contribution in [0.25, 0.3) is 0 Å². The highest BCUT2D eigenvalue weighted by Gasteiger charge is 2.39. The Hall–Kier alpha value is -1.40. The molecule has 0 atom stereocenters. The largest absolute Gasteiger partial charge is 0.477 e. The summed E-state index contributed by atoms with van der Waals surface area (Å²) in [6, 6.07) is 1.60. The fraction of sp³-hybridized carbons (Fsp3) is 0.500. The van der Waals surface area contributed by atoms with E-state index in [-0.39, 0.29) is 22.8 Å². The lowest BCUT2D eigenvalue weighted by Gasteiger charge is -2.39. The molecule has 0 saturated heterocycles. The van der Waals surface area contributed by atoms with E-state index in [9.17, 15) is 9.59 Å². The van der Waals surface area contributed by atoms with Gasteiger partial charge in [0.05, 0.1) is 17.7 Å². The fourth-order valence-electron chi connectivity index (χ4n) is 2.08. The smallest absolute Gasteiger partial charge is 0.348 e. The highest BCUT2D eigenvalue weighted by atomic mass is 32.1. The van der Waals surface area contributed by atoms with Gasteiger partial charge in [0.25, 0.3) is 0 Å². The van der Waals surface area contributed by atoms with Crippen molar-refractivity contribution in [2.24, 2.45) is 0 Å². The number of aromatic carboxylic acids is 1. The minimum Gasteiger partial charge on any atom is -0.477 e. The standard InChI is InChI=1S/C12H15NO4S/c1-17-12(4-2-5-12)7-9(14)13-8-3-6-18-10(8)11(15)16/h3,6H,2,4-5,7H2,1H3,(H,13,14)(H,15,16). The average Bonchev–Trinajstić information content (AvgIpc) is 2.71. The van der Waals surface area contributed by atoms with Gasteiger partial charge in [0.15, 0.2) is 0 Å². The molecule has 0 spiro atoms. The van der Waals surface area contributed by atoms with Crippen LogP contribution in [-0.2, 0) is 9.53 Å². The zero-order valence-electron chi connectivity index (χ0n) is 10.1. The molecule has 1 saturated carbocycles. The number of rotatable bonds is 5. The van der Waals surface area contributed by atoms with Gasteiger partial charge in [-0.25, -0.2) is 4.79 Å². The van der Waals surface area contributed by atoms with Crippen LogP contribution in [0.5, 0.6) is 0 Å². The van der Waals surface area contributed by atoms with E-state index in [1.54, 1.807) is 18.6 Å². The predicted molar refractivity (Wildman–Crippen MR) is 68.1 cm³/mol. The zero-order valence-corrected chi connectivity index (χ0v) is 10.9. The van der Waals surface area contributed by atoms with Gasteiger partial charge < -0.3 is 15.2 Å². The molecule has 1 heterocycles. The molecule has 0 aliphatic heterocycles. The third kappa shape index (κ3) is 2.54. The molecule has 1 aromatic rings. The van der Waals surface area contributed by atoms with Gasteiger partial charge in [0.1, 0.15) is 4.88 Å². The van der Waals surface area contributed by atoms with Gasteiger partial charge in [-0.05, 0) is 30.7 Å². The first-order valence-electron chi connectivity index (χ1n) is 5.72. The van der Waals surface area contributed by atoms with Crippen molar-refractivity contribution in [1.82, 2.24) is 0 Å². The van der Waals surface area contributed by atoms with Crippen molar-refractivity contribution < 1.29 is 19.4 Å². The summed E-state index contributed by atoms with van der Waals surface area (Å²) in [5.74, 6) is -1.22. The van der Waals surface area contributed by atoms with E-state index < -0.39 is 5.97 Å². The molecule has 1 aliphatic carbocycles. The highest BCUT2D eigenvalue weighted by Crippen LogP contribution is 2.38. The first-order chi connectivity index (χ1) is 8.56. The first-order valence-corrected chi connectivity index (χ1v) is 6.60. The highest BCUT2D eigenvalue weighted by molar-refractivity contribution is 7.12. The van der Waals surface area contributed by atoms with Gasteiger partial charge >= 0.3 is 5.97 Å². The van der Waals surface area contributed by atoms with E-state index in [4.69, 9.17) is 9.84 Å². The van der Waals surface area contributed by atoms with Gasteiger partial charge in [0, 0.05) is 7.11 Å². The van der Waals surface area contributed by atoms with Gasteiger partial charge in [-0.1, -0.05) is 0 Å². The summed E-state index contributed by atoms with van der Waals surface area (Å²) in [4.78, 5) is 22.9. The van der Waals surface area contributed by atoms with Crippen LogP contribution in [0.4, 0.5) is 5.69 Å². The van der Waals surface area contributed by atoms with Gasteiger partial charge in [-0.15, -0.1) is 11.3 Å². The summed E-state index contributed by atoms with van der Waals surface area (Å²) >= 11 is 1.10. The van der Waals surface area contributed by atoms with Crippen molar-refractivity contribution in [1.29, 1.82) is 0 Å². The van der Waals surface area contributed by atoms with E-state index in [0.29, 0.717) is 5.69 Å². The topological polar surface area (TPSA) is 75.6 Å². The Balaban J connectivity index is 1.99. The summed E-state index contributed by atoms with van der Waals surface area (Å²) in [7, 11) is 1.61. The van der Waals surface area contributed by atoms with Crippen molar-refractivity contribution >= 4 is 28.9 Å². The zero-order chi connectivity index (χ0) is 13.2. The van der Waals surface area contributed by atoms with Crippen LogP contribution in [-0.4, -0.2) is 29.7 Å². The molecule has 0 bridgehead atoms. The van der Waals surface area contributed by atoms with E-state index in [1.165, 1.54) is 0 Å². The van der Waals surface area contributed by atoms with Crippen LogP contribution < -0.4 is 5.32 Å². The number of hydrogen-bond donors (Lipinski definition) is 2. The number of nitrogens with one attached hydrogen (secondary N) is 1. The second-order valence-electron chi connectivity index (χ2n) is 4.43. The first kappa shape index (κ1) is 13.0. The van der Waals surface area contributed by atoms with Gasteiger partial charge in [-0.3, -0.25) is 4.79 Å². The van der Waals surface area contributed by atoms with Crippen LogP contribution in [0.2, 0.25) is 0 Å². The lowest BCUT2D eigenvalue weighted by Crippen LogP contribution is -2.42. The molecule has 2 N–H and O–H groups in total. The molecule has 18 heavy (non-hydrogen) atoms. The Bertz CT molecular complexity index is 459. The summed E-state index contributed by atoms with van der Waals surface area (Å²) < 4.78 is 5.37. The second kappa shape index (κ2) is 5.07. The molecule has 0 radical (unpaired) electrons. The number of carboxylic acid groups (broad SMARTS) is 1. The molecule has 98 valence electrons. The van der Waals surface area contributed by atoms with Gasteiger partial charge in [-0.2, -0.15) is 0 Å². The summed E-state index contributed by atoms with van der Waals surface area (Å²) in [6.45, 7) is 0. The number of anilines is 1. The number of methoxy groups -OCH3 is 1. The molecule has 2 rings (SSSR count). The third-order valence-corrected chi connectivity index (χ3v) is 4.22. The summed E-state index contributed by atoms with van der Waals surface area (Å²) in [5.41, 5.74) is 0.0202. The Morgan fingerprint density at radius 3 is 2.78 bits per heavy atom. The van der Waals surface area contributed by atoms with Crippen molar-refractivity contribution in [2.75, 3.05) is 12.4 Å². The Morgan fingerprint density at radius 1 is 1.56 bits per heavy atom. The molecular weight excluding hydrogens is 254 g/mol. The van der Waals surface area contributed by atoms with Crippen LogP contribution in [0.3, 0.4) is 0 Å². The van der Waals surface area contributed by atoms with Gasteiger partial charge in [0.2, 0.25) is 5.91 Å². The minimum atomic E-state index is -1.02. The average molecular weight is 269 g/mol. The number of thiophene rings is 1. The Morgan fingerprint density at radius 2 is 2.28 bits per heavy atom. The quantitative estimate of drug-likeness (QED) is 0.860. The molecule has 1 aliphatic rings. The van der Waals surface area contributed by atoms with Crippen LogP contribution in [0, 0.1) is 0 Å². The minimum absolute atomic E-state index is 0.156. The fourth-order valence-corrected chi connectivity index (χ4v) is 2.77. The van der Waals surface area contributed by atoms with Crippen LogP contribution in [0.15, 0.2) is 11.4 Å². The Kier molecular flexibility index (Phi) is 3.68. The lowest BCUT2D eigenvalue weighted by atomic mass is 9.77. The lowest BCUT2D eigenvalue weighted by molar-refractivity contribution is -0.129. The molecule has 1 amide bonds. The predicted octanol–water partition coefficient (Wildman–Crippen LogP) is 2.34. The number of ether oxygens (including phenoxy) is 1. The molecule has 1 fully saturated rings. The Labute approximate surface area is 109 Å². The number of carboxylic acids is 1. The number of carbonyl (C=O) groups is 2. The monoisotopic (exact) mass is 269 g/mol. The van der Waals surface area contributed by atoms with E-state index >= 15 is 0 Å². The molecule has 5 nitrogen and oxygen atoms in total. The maximum Gasteiger partial charge on any atom is 0.348 e. The third-order valence-electron chi connectivity index (χ3n) is 3.31. The molecule has 0 unspecified atom stereocenters. The molecule has 0 aromatic carbocycles. The van der Waals surface area contributed by atoms with Crippen molar-refractivity contribution in [3.05, 3.63) is 16.3 Å². The summed E-state index contributed by atoms with van der Waals surface area (Å²) in [5, 5.41) is 13.2. The van der Waals surface area contributed by atoms with E-state index in [2.05, 4.69) is 5.32 Å². The normalized spacial score (nSPS) is 16.9. The number of amides is 1. The molecular formula is C12H15NO4S. The maximum atomic E-state index is 11.9. The van der Waals surface area contributed by atoms with E-state index in [0.717, 1.165) is 30.6 Å².